The Morgan fingerprint density at radius 1 is 1.03 bits per heavy atom. The molecule has 0 aliphatic heterocycles. The Kier molecular flexibility index (Phi) is 5.95. The summed E-state index contributed by atoms with van der Waals surface area (Å²) in [5.74, 6) is -0.693. The number of esters is 1. The zero-order valence-electron chi connectivity index (χ0n) is 17.0. The normalized spacial score (nSPS) is 10.6. The zero-order chi connectivity index (χ0) is 21.8. The van der Waals surface area contributed by atoms with Crippen molar-refractivity contribution in [1.82, 2.24) is 4.98 Å². The lowest BCUT2D eigenvalue weighted by molar-refractivity contribution is -0.119. The molecule has 0 saturated carbocycles. The minimum absolute atomic E-state index is 0.268. The molecule has 1 N–H and O–H groups in total. The summed E-state index contributed by atoms with van der Waals surface area (Å²) < 4.78 is 10.5. The van der Waals surface area contributed by atoms with E-state index in [9.17, 15) is 9.59 Å². The summed E-state index contributed by atoms with van der Waals surface area (Å²) in [7, 11) is 1.49. The van der Waals surface area contributed by atoms with E-state index in [1.165, 1.54) is 18.4 Å². The molecule has 0 spiro atoms. The first-order valence-electron chi connectivity index (χ1n) is 9.60. The van der Waals surface area contributed by atoms with Gasteiger partial charge in [0.1, 0.15) is 11.3 Å². The van der Waals surface area contributed by atoms with Crippen molar-refractivity contribution in [3.8, 4) is 17.0 Å². The maximum Gasteiger partial charge on any atom is 0.342 e. The third-order valence-electron chi connectivity index (χ3n) is 4.72. The van der Waals surface area contributed by atoms with E-state index in [1.807, 2.05) is 60.8 Å². The minimum Gasteiger partial charge on any atom is -0.496 e. The number of methoxy groups -OCH3 is 1. The summed E-state index contributed by atoms with van der Waals surface area (Å²) in [6.07, 6.45) is 0. The number of anilines is 1. The van der Waals surface area contributed by atoms with Gasteiger partial charge in [-0.05, 0) is 29.8 Å². The number of ether oxygens (including phenoxy) is 2. The van der Waals surface area contributed by atoms with Gasteiger partial charge in [0.15, 0.2) is 11.7 Å². The second-order valence-corrected chi connectivity index (χ2v) is 7.79. The maximum atomic E-state index is 12.5. The van der Waals surface area contributed by atoms with Crippen molar-refractivity contribution < 1.29 is 19.1 Å². The molecule has 7 heteroatoms. The average molecular weight is 433 g/mol. The van der Waals surface area contributed by atoms with Gasteiger partial charge in [0, 0.05) is 10.9 Å². The van der Waals surface area contributed by atoms with E-state index in [2.05, 4.69) is 10.3 Å². The fourth-order valence-corrected chi connectivity index (χ4v) is 3.84. The number of hydrogen-bond acceptors (Lipinski definition) is 6. The lowest BCUT2D eigenvalue weighted by Crippen LogP contribution is -2.21. The van der Waals surface area contributed by atoms with E-state index in [0.29, 0.717) is 10.9 Å². The van der Waals surface area contributed by atoms with Crippen molar-refractivity contribution in [3.05, 3.63) is 77.2 Å². The molecule has 0 saturated heterocycles. The highest BCUT2D eigenvalue weighted by molar-refractivity contribution is 7.14. The second-order valence-electron chi connectivity index (χ2n) is 6.93. The molecule has 31 heavy (non-hydrogen) atoms. The molecule has 0 unspecified atom stereocenters. The summed E-state index contributed by atoms with van der Waals surface area (Å²) in [6.45, 7) is 1.60. The standard InChI is InChI=1S/C24H20N2O4S/c1-15-7-9-16(10-8-15)20-14-31-24(25-20)26-22(27)13-30-23(28)19-11-17-5-3-4-6-18(17)12-21(19)29-2/h3-12,14H,13H2,1-2H3,(H,25,26,27). The lowest BCUT2D eigenvalue weighted by atomic mass is 10.1. The van der Waals surface area contributed by atoms with Crippen LogP contribution in [0.1, 0.15) is 15.9 Å². The summed E-state index contributed by atoms with van der Waals surface area (Å²) in [4.78, 5) is 29.2. The zero-order valence-corrected chi connectivity index (χ0v) is 17.9. The highest BCUT2D eigenvalue weighted by Crippen LogP contribution is 2.27. The van der Waals surface area contributed by atoms with Gasteiger partial charge in [0.25, 0.3) is 5.91 Å². The lowest BCUT2D eigenvalue weighted by Gasteiger charge is -2.10. The van der Waals surface area contributed by atoms with E-state index in [-0.39, 0.29) is 5.56 Å². The van der Waals surface area contributed by atoms with Gasteiger partial charge in [-0.2, -0.15) is 0 Å². The minimum atomic E-state index is -0.628. The molecule has 156 valence electrons. The summed E-state index contributed by atoms with van der Waals surface area (Å²) in [5.41, 5.74) is 3.18. The van der Waals surface area contributed by atoms with Crippen molar-refractivity contribution >= 4 is 39.1 Å². The molecule has 0 aliphatic rings. The third kappa shape index (κ3) is 4.73. The van der Waals surface area contributed by atoms with Crippen molar-refractivity contribution in [2.24, 2.45) is 0 Å². The van der Waals surface area contributed by atoms with Crippen LogP contribution in [0, 0.1) is 6.92 Å². The van der Waals surface area contributed by atoms with E-state index >= 15 is 0 Å². The largest absolute Gasteiger partial charge is 0.496 e. The Bertz CT molecular complexity index is 1250. The number of carbonyl (C=O) groups is 2. The number of hydrogen-bond donors (Lipinski definition) is 1. The SMILES string of the molecule is COc1cc2ccccc2cc1C(=O)OCC(=O)Nc1nc(-c2ccc(C)cc2)cs1. The quantitative estimate of drug-likeness (QED) is 0.430. The molecule has 0 bridgehead atoms. The van der Waals surface area contributed by atoms with Gasteiger partial charge < -0.3 is 9.47 Å². The first kappa shape index (κ1) is 20.6. The number of aryl methyl sites for hydroxylation is 1. The Hall–Kier alpha value is -3.71. The van der Waals surface area contributed by atoms with Crippen LogP contribution in [0.3, 0.4) is 0 Å². The molecule has 1 heterocycles. The fraction of sp³-hybridized carbons (Fsp3) is 0.125. The Morgan fingerprint density at radius 3 is 2.45 bits per heavy atom. The molecule has 6 nitrogen and oxygen atoms in total. The van der Waals surface area contributed by atoms with Crippen LogP contribution in [0.4, 0.5) is 5.13 Å². The van der Waals surface area contributed by atoms with E-state index < -0.39 is 18.5 Å². The fourth-order valence-electron chi connectivity index (χ4n) is 3.10. The number of thiazole rings is 1. The molecule has 4 rings (SSSR count). The van der Waals surface area contributed by atoms with Crippen LogP contribution in [0.2, 0.25) is 0 Å². The van der Waals surface area contributed by atoms with E-state index in [0.717, 1.165) is 27.6 Å². The van der Waals surface area contributed by atoms with Crippen LogP contribution in [0.15, 0.2) is 66.0 Å². The molecule has 0 radical (unpaired) electrons. The maximum absolute atomic E-state index is 12.5. The molecule has 1 aromatic heterocycles. The van der Waals surface area contributed by atoms with Gasteiger partial charge in [-0.15, -0.1) is 11.3 Å². The van der Waals surface area contributed by atoms with Gasteiger partial charge in [-0.1, -0.05) is 54.1 Å². The number of nitrogens with zero attached hydrogens (tertiary/aromatic N) is 1. The average Bonchev–Trinajstić information content (AvgIpc) is 3.25. The van der Waals surface area contributed by atoms with E-state index in [1.54, 1.807) is 12.1 Å². The Balaban J connectivity index is 1.39. The molecule has 0 fully saturated rings. The molecule has 1 amide bonds. The van der Waals surface area contributed by atoms with Crippen LogP contribution in [0.25, 0.3) is 22.0 Å². The van der Waals surface area contributed by atoms with Gasteiger partial charge in [-0.25, -0.2) is 9.78 Å². The molecule has 4 aromatic rings. The van der Waals surface area contributed by atoms with Crippen molar-refractivity contribution in [2.75, 3.05) is 19.0 Å². The van der Waals surface area contributed by atoms with Crippen LogP contribution in [-0.4, -0.2) is 30.6 Å². The van der Waals surface area contributed by atoms with Crippen molar-refractivity contribution in [3.63, 3.8) is 0 Å². The van der Waals surface area contributed by atoms with Crippen LogP contribution < -0.4 is 10.1 Å². The molecule has 0 aliphatic carbocycles. The monoisotopic (exact) mass is 432 g/mol. The van der Waals surface area contributed by atoms with Crippen LogP contribution >= 0.6 is 11.3 Å². The number of carbonyl (C=O) groups excluding carboxylic acids is 2. The Morgan fingerprint density at radius 2 is 1.74 bits per heavy atom. The van der Waals surface area contributed by atoms with Crippen molar-refractivity contribution in [2.45, 2.75) is 6.92 Å². The number of aromatic nitrogens is 1. The molecular formula is C24H20N2O4S. The van der Waals surface area contributed by atoms with Gasteiger partial charge in [0.2, 0.25) is 0 Å². The number of fused-ring (bicyclic) bond motifs is 1. The highest BCUT2D eigenvalue weighted by Gasteiger charge is 2.17. The van der Waals surface area contributed by atoms with Gasteiger partial charge >= 0.3 is 5.97 Å². The first-order chi connectivity index (χ1) is 15.0. The topological polar surface area (TPSA) is 77.5 Å². The van der Waals surface area contributed by atoms with Gasteiger partial charge in [0.05, 0.1) is 12.8 Å². The van der Waals surface area contributed by atoms with Crippen LogP contribution in [-0.2, 0) is 9.53 Å². The van der Waals surface area contributed by atoms with E-state index in [4.69, 9.17) is 9.47 Å². The van der Waals surface area contributed by atoms with Gasteiger partial charge in [-0.3, -0.25) is 10.1 Å². The second kappa shape index (κ2) is 8.97. The molecule has 0 atom stereocenters. The molecular weight excluding hydrogens is 412 g/mol. The number of benzene rings is 3. The first-order valence-corrected chi connectivity index (χ1v) is 10.5. The summed E-state index contributed by atoms with van der Waals surface area (Å²) in [6, 6.07) is 19.1. The predicted molar refractivity (Wildman–Crippen MR) is 122 cm³/mol. The summed E-state index contributed by atoms with van der Waals surface area (Å²) in [5, 5.41) is 6.81. The molecule has 3 aromatic carbocycles. The Labute approximate surface area is 183 Å². The van der Waals surface area contributed by atoms with Crippen LogP contribution in [0.5, 0.6) is 5.75 Å². The smallest absolute Gasteiger partial charge is 0.342 e. The number of nitrogens with one attached hydrogen (secondary N) is 1. The predicted octanol–water partition coefficient (Wildman–Crippen LogP) is 5.08. The van der Waals surface area contributed by atoms with Crippen molar-refractivity contribution in [1.29, 1.82) is 0 Å². The third-order valence-corrected chi connectivity index (χ3v) is 5.48. The summed E-state index contributed by atoms with van der Waals surface area (Å²) >= 11 is 1.31. The number of rotatable bonds is 6. The highest BCUT2D eigenvalue weighted by atomic mass is 32.1. The number of amides is 1.